The number of carboxylic acids is 1. The lowest BCUT2D eigenvalue weighted by molar-refractivity contribution is -0.345. The van der Waals surface area contributed by atoms with Gasteiger partial charge in [-0.25, -0.2) is 4.79 Å². The number of ether oxygens (including phenoxy) is 3. The standard InChI is InChI=1S/C19H26F2O6/c1-11(2)16(25-6)26-14-9-7-13(8-10-14)15(22)27-18(5,12(3)4)19(20,21)17(23)24/h7-12,16H,1-6H3,(H,23,24)/p-1. The third kappa shape index (κ3) is 4.94. The SMILES string of the molecule is COC(Oc1ccc(C(=O)OC(C)(C(C)C)C(F)(F)C(=O)[O-])cc1)C(C)C. The van der Waals surface area contributed by atoms with Crippen LogP contribution in [0.15, 0.2) is 24.3 Å². The first-order valence-corrected chi connectivity index (χ1v) is 8.49. The normalized spacial score (nSPS) is 15.3. The van der Waals surface area contributed by atoms with Crippen LogP contribution in [-0.4, -0.2) is 36.9 Å². The molecule has 2 unspecified atom stereocenters. The summed E-state index contributed by atoms with van der Waals surface area (Å²) in [4.78, 5) is 23.1. The summed E-state index contributed by atoms with van der Waals surface area (Å²) < 4.78 is 43.8. The minimum absolute atomic E-state index is 0.0260. The number of esters is 1. The van der Waals surface area contributed by atoms with Gasteiger partial charge in [0.1, 0.15) is 11.7 Å². The van der Waals surface area contributed by atoms with Crippen LogP contribution in [0.5, 0.6) is 5.75 Å². The van der Waals surface area contributed by atoms with Gasteiger partial charge < -0.3 is 24.1 Å². The molecule has 0 heterocycles. The van der Waals surface area contributed by atoms with Crippen LogP contribution in [-0.2, 0) is 14.3 Å². The molecule has 0 spiro atoms. The maximum atomic E-state index is 14.1. The lowest BCUT2D eigenvalue weighted by atomic mass is 9.85. The van der Waals surface area contributed by atoms with Crippen LogP contribution < -0.4 is 9.84 Å². The lowest BCUT2D eigenvalue weighted by Crippen LogP contribution is -2.61. The number of aliphatic carboxylic acids is 1. The zero-order valence-electron chi connectivity index (χ0n) is 16.2. The fraction of sp³-hybridized carbons (Fsp3) is 0.579. The number of benzene rings is 1. The summed E-state index contributed by atoms with van der Waals surface area (Å²) >= 11 is 0. The molecule has 0 fully saturated rings. The first kappa shape index (κ1) is 22.8. The van der Waals surface area contributed by atoms with Crippen molar-refractivity contribution in [1.29, 1.82) is 0 Å². The average molecular weight is 387 g/mol. The largest absolute Gasteiger partial charge is 0.544 e. The van der Waals surface area contributed by atoms with E-state index in [9.17, 15) is 23.5 Å². The molecule has 0 aliphatic heterocycles. The molecule has 0 aliphatic carbocycles. The summed E-state index contributed by atoms with van der Waals surface area (Å²) in [5.74, 6) is -8.52. The van der Waals surface area contributed by atoms with E-state index in [0.717, 1.165) is 6.92 Å². The summed E-state index contributed by atoms with van der Waals surface area (Å²) in [6.45, 7) is 7.35. The Bertz CT molecular complexity index is 657. The Hall–Kier alpha value is -2.22. The number of hydrogen-bond acceptors (Lipinski definition) is 6. The third-order valence-electron chi connectivity index (χ3n) is 4.41. The predicted octanol–water partition coefficient (Wildman–Crippen LogP) is 2.65. The lowest BCUT2D eigenvalue weighted by Gasteiger charge is -2.40. The summed E-state index contributed by atoms with van der Waals surface area (Å²) in [7, 11) is 1.50. The molecule has 152 valence electrons. The van der Waals surface area contributed by atoms with Gasteiger partial charge in [-0.1, -0.05) is 27.7 Å². The molecule has 2 atom stereocenters. The number of rotatable bonds is 9. The van der Waals surface area contributed by atoms with Crippen molar-refractivity contribution in [1.82, 2.24) is 0 Å². The maximum Gasteiger partial charge on any atom is 0.338 e. The quantitative estimate of drug-likeness (QED) is 0.478. The van der Waals surface area contributed by atoms with Gasteiger partial charge in [0.25, 0.3) is 0 Å². The Morgan fingerprint density at radius 1 is 1.07 bits per heavy atom. The van der Waals surface area contributed by atoms with E-state index in [4.69, 9.17) is 14.2 Å². The molecule has 0 N–H and O–H groups in total. The second-order valence-corrected chi connectivity index (χ2v) is 7.00. The van der Waals surface area contributed by atoms with E-state index in [0.29, 0.717) is 5.75 Å². The molecule has 0 amide bonds. The smallest absolute Gasteiger partial charge is 0.338 e. The highest BCUT2D eigenvalue weighted by Gasteiger charge is 2.56. The Labute approximate surface area is 157 Å². The summed E-state index contributed by atoms with van der Waals surface area (Å²) in [6, 6.07) is 5.61. The molecular weight excluding hydrogens is 362 g/mol. The number of alkyl halides is 2. The van der Waals surface area contributed by atoms with Crippen LogP contribution in [0.3, 0.4) is 0 Å². The van der Waals surface area contributed by atoms with Gasteiger partial charge in [-0.3, -0.25) is 0 Å². The minimum atomic E-state index is -4.36. The van der Waals surface area contributed by atoms with E-state index in [1.54, 1.807) is 0 Å². The van der Waals surface area contributed by atoms with E-state index in [2.05, 4.69) is 0 Å². The molecule has 0 bridgehead atoms. The molecule has 6 nitrogen and oxygen atoms in total. The van der Waals surface area contributed by atoms with Crippen LogP contribution in [0.4, 0.5) is 8.78 Å². The van der Waals surface area contributed by atoms with Crippen LogP contribution in [0, 0.1) is 11.8 Å². The molecule has 1 aromatic rings. The third-order valence-corrected chi connectivity index (χ3v) is 4.41. The second-order valence-electron chi connectivity index (χ2n) is 7.00. The van der Waals surface area contributed by atoms with Gasteiger partial charge >= 0.3 is 11.9 Å². The average Bonchev–Trinajstić information content (AvgIpc) is 2.59. The molecule has 0 aromatic heterocycles. The minimum Gasteiger partial charge on any atom is -0.544 e. The fourth-order valence-electron chi connectivity index (χ4n) is 2.26. The van der Waals surface area contributed by atoms with Crippen molar-refractivity contribution in [2.24, 2.45) is 11.8 Å². The van der Waals surface area contributed by atoms with E-state index >= 15 is 0 Å². The van der Waals surface area contributed by atoms with Crippen molar-refractivity contribution in [3.8, 4) is 5.75 Å². The Morgan fingerprint density at radius 2 is 1.59 bits per heavy atom. The van der Waals surface area contributed by atoms with Gasteiger partial charge in [0.05, 0.1) is 5.56 Å². The summed E-state index contributed by atoms with van der Waals surface area (Å²) in [5.41, 5.74) is -2.60. The van der Waals surface area contributed by atoms with Crippen molar-refractivity contribution in [2.75, 3.05) is 7.11 Å². The van der Waals surface area contributed by atoms with Gasteiger partial charge in [0.15, 0.2) is 5.60 Å². The Kier molecular flexibility index (Phi) is 7.31. The zero-order chi connectivity index (χ0) is 21.0. The Balaban J connectivity index is 3.00. The van der Waals surface area contributed by atoms with Gasteiger partial charge in [0, 0.05) is 13.0 Å². The van der Waals surface area contributed by atoms with Crippen LogP contribution in [0.25, 0.3) is 0 Å². The first-order valence-electron chi connectivity index (χ1n) is 8.49. The molecule has 27 heavy (non-hydrogen) atoms. The number of halogens is 2. The van der Waals surface area contributed by atoms with E-state index < -0.39 is 35.7 Å². The molecular formula is C19H25F2O6-. The summed E-state index contributed by atoms with van der Waals surface area (Å²) in [6.07, 6.45) is -0.492. The molecule has 1 aromatic carbocycles. The first-order chi connectivity index (χ1) is 12.4. The molecule has 0 radical (unpaired) electrons. The fourth-order valence-corrected chi connectivity index (χ4v) is 2.26. The van der Waals surface area contributed by atoms with Crippen molar-refractivity contribution >= 4 is 11.9 Å². The van der Waals surface area contributed by atoms with Gasteiger partial charge in [-0.15, -0.1) is 0 Å². The number of hydrogen-bond donors (Lipinski definition) is 0. The number of carbonyl (C=O) groups is 2. The molecule has 1 rings (SSSR count). The van der Waals surface area contributed by atoms with Crippen molar-refractivity contribution in [3.05, 3.63) is 29.8 Å². The highest BCUT2D eigenvalue weighted by molar-refractivity contribution is 5.90. The molecule has 0 saturated carbocycles. The maximum absolute atomic E-state index is 14.1. The van der Waals surface area contributed by atoms with Crippen molar-refractivity contribution < 1.29 is 37.7 Å². The van der Waals surface area contributed by atoms with E-state index in [1.165, 1.54) is 45.2 Å². The van der Waals surface area contributed by atoms with Crippen LogP contribution in [0.1, 0.15) is 45.0 Å². The van der Waals surface area contributed by atoms with Crippen LogP contribution >= 0.6 is 0 Å². The highest BCUT2D eigenvalue weighted by Crippen LogP contribution is 2.38. The predicted molar refractivity (Wildman–Crippen MR) is 91.3 cm³/mol. The molecule has 0 aliphatic rings. The number of methoxy groups -OCH3 is 1. The zero-order valence-corrected chi connectivity index (χ0v) is 16.2. The van der Waals surface area contributed by atoms with Crippen molar-refractivity contribution in [2.45, 2.75) is 52.4 Å². The van der Waals surface area contributed by atoms with Gasteiger partial charge in [-0.05, 0) is 37.1 Å². The number of carbonyl (C=O) groups excluding carboxylic acids is 2. The topological polar surface area (TPSA) is 84.9 Å². The highest BCUT2D eigenvalue weighted by atomic mass is 19.3. The van der Waals surface area contributed by atoms with E-state index in [1.807, 2.05) is 13.8 Å². The second kappa shape index (κ2) is 8.65. The monoisotopic (exact) mass is 387 g/mol. The Morgan fingerprint density at radius 3 is 1.96 bits per heavy atom. The summed E-state index contributed by atoms with van der Waals surface area (Å²) in [5, 5.41) is 10.8. The molecule has 0 saturated heterocycles. The molecule has 8 heteroatoms. The number of carboxylic acid groups (broad SMARTS) is 1. The van der Waals surface area contributed by atoms with Gasteiger partial charge in [-0.2, -0.15) is 8.78 Å². The van der Waals surface area contributed by atoms with Crippen LogP contribution in [0.2, 0.25) is 0 Å². The van der Waals surface area contributed by atoms with Crippen molar-refractivity contribution in [3.63, 3.8) is 0 Å². The van der Waals surface area contributed by atoms with Gasteiger partial charge in [0.2, 0.25) is 6.29 Å². The van der Waals surface area contributed by atoms with E-state index in [-0.39, 0.29) is 11.5 Å².